The van der Waals surface area contributed by atoms with E-state index in [1.807, 2.05) is 6.07 Å². The number of amides is 1. The topological polar surface area (TPSA) is 61.0 Å². The lowest BCUT2D eigenvalue weighted by atomic mass is 9.92. The van der Waals surface area contributed by atoms with Crippen molar-refractivity contribution in [1.82, 2.24) is 20.4 Å². The third kappa shape index (κ3) is 4.09. The first kappa shape index (κ1) is 17.0. The van der Waals surface area contributed by atoms with Crippen LogP contribution in [0.2, 0.25) is 0 Å². The van der Waals surface area contributed by atoms with E-state index >= 15 is 0 Å². The van der Waals surface area contributed by atoms with Crippen LogP contribution in [0.15, 0.2) is 6.07 Å². The number of hydrogen-bond donors (Lipinski definition) is 2. The Kier molecular flexibility index (Phi) is 4.95. The van der Waals surface area contributed by atoms with Gasteiger partial charge in [0.1, 0.15) is 5.69 Å². The molecule has 0 atom stereocenters. The van der Waals surface area contributed by atoms with Gasteiger partial charge in [0.05, 0.1) is 0 Å². The van der Waals surface area contributed by atoms with Crippen molar-refractivity contribution in [3.05, 3.63) is 17.5 Å². The number of nitrogens with zero attached hydrogens (tertiary/aromatic N) is 2. The quantitative estimate of drug-likeness (QED) is 0.899. The molecule has 0 bridgehead atoms. The van der Waals surface area contributed by atoms with E-state index in [9.17, 15) is 4.79 Å². The average Bonchev–Trinajstić information content (AvgIpc) is 2.96. The normalized spacial score (nSPS) is 17.5. The zero-order chi connectivity index (χ0) is 16.4. The van der Waals surface area contributed by atoms with Gasteiger partial charge in [-0.05, 0) is 45.8 Å². The summed E-state index contributed by atoms with van der Waals surface area (Å²) in [4.78, 5) is 14.8. The molecule has 0 radical (unpaired) electrons. The van der Waals surface area contributed by atoms with E-state index in [-0.39, 0.29) is 16.9 Å². The fourth-order valence-electron chi connectivity index (χ4n) is 2.82. The molecule has 0 aromatic carbocycles. The maximum absolute atomic E-state index is 12.3. The summed E-state index contributed by atoms with van der Waals surface area (Å²) >= 11 is 0. The van der Waals surface area contributed by atoms with Gasteiger partial charge in [-0.1, -0.05) is 27.2 Å². The molecule has 2 heterocycles. The lowest BCUT2D eigenvalue weighted by Gasteiger charge is -2.41. The number of hydrogen-bond acceptors (Lipinski definition) is 3. The Bertz CT molecular complexity index is 507. The van der Waals surface area contributed by atoms with Crippen LogP contribution in [-0.2, 0) is 5.41 Å². The summed E-state index contributed by atoms with van der Waals surface area (Å²) in [6, 6.07) is 1.85. The molecule has 2 N–H and O–H groups in total. The number of carbonyl (C=O) groups is 1. The Morgan fingerprint density at radius 1 is 1.23 bits per heavy atom. The molecule has 2 rings (SSSR count). The Labute approximate surface area is 133 Å². The maximum atomic E-state index is 12.3. The van der Waals surface area contributed by atoms with Crippen LogP contribution in [0.5, 0.6) is 0 Å². The third-order valence-electron chi connectivity index (χ3n) is 4.51. The number of likely N-dealkylation sites (tertiary alicyclic amines) is 1. The van der Waals surface area contributed by atoms with Gasteiger partial charge in [0.25, 0.3) is 5.91 Å². The molecule has 1 aliphatic rings. The number of rotatable bonds is 4. The molecular weight excluding hydrogens is 276 g/mol. The molecule has 1 saturated heterocycles. The van der Waals surface area contributed by atoms with E-state index in [1.54, 1.807) is 0 Å². The minimum absolute atomic E-state index is 0.0146. The second-order valence-corrected chi connectivity index (χ2v) is 7.96. The Morgan fingerprint density at radius 3 is 2.41 bits per heavy atom. The van der Waals surface area contributed by atoms with E-state index in [0.717, 1.165) is 18.8 Å². The third-order valence-corrected chi connectivity index (χ3v) is 4.51. The van der Waals surface area contributed by atoms with Crippen molar-refractivity contribution in [2.75, 3.05) is 19.6 Å². The summed E-state index contributed by atoms with van der Waals surface area (Å²) in [7, 11) is 0. The predicted octanol–water partition coefficient (Wildman–Crippen LogP) is 2.70. The second kappa shape index (κ2) is 6.41. The largest absolute Gasteiger partial charge is 0.349 e. The Morgan fingerprint density at radius 2 is 1.86 bits per heavy atom. The average molecular weight is 306 g/mol. The van der Waals surface area contributed by atoms with Crippen molar-refractivity contribution >= 4 is 5.91 Å². The lowest BCUT2D eigenvalue weighted by molar-refractivity contribution is 0.0794. The highest BCUT2D eigenvalue weighted by Crippen LogP contribution is 2.21. The molecule has 1 aromatic heterocycles. The van der Waals surface area contributed by atoms with Crippen molar-refractivity contribution in [2.45, 2.75) is 64.8 Å². The van der Waals surface area contributed by atoms with Gasteiger partial charge < -0.3 is 5.32 Å². The highest BCUT2D eigenvalue weighted by molar-refractivity contribution is 5.92. The molecule has 1 amide bonds. The highest BCUT2D eigenvalue weighted by Gasteiger charge is 2.28. The number of nitrogens with one attached hydrogen (secondary N) is 2. The minimum atomic E-state index is -0.100. The molecule has 5 heteroatoms. The van der Waals surface area contributed by atoms with Gasteiger partial charge in [-0.2, -0.15) is 5.10 Å². The molecule has 0 saturated carbocycles. The summed E-state index contributed by atoms with van der Waals surface area (Å²) in [6.07, 6.45) is 3.83. The summed E-state index contributed by atoms with van der Waals surface area (Å²) < 4.78 is 0. The standard InChI is InChI=1S/C17H30N4O/c1-16(2,3)14-11-13(19-20-14)15(22)18-12-17(4,5)21-9-7-6-8-10-21/h11H,6-10,12H2,1-5H3,(H,18,22)(H,19,20). The van der Waals surface area contributed by atoms with Crippen LogP contribution in [0, 0.1) is 0 Å². The van der Waals surface area contributed by atoms with Gasteiger partial charge in [0.2, 0.25) is 0 Å². The van der Waals surface area contributed by atoms with Gasteiger partial charge in [-0.15, -0.1) is 0 Å². The number of carbonyl (C=O) groups excluding carboxylic acids is 1. The number of aromatic nitrogens is 2. The van der Waals surface area contributed by atoms with Gasteiger partial charge in [0, 0.05) is 23.2 Å². The van der Waals surface area contributed by atoms with Crippen molar-refractivity contribution in [3.63, 3.8) is 0 Å². The molecular formula is C17H30N4O. The van der Waals surface area contributed by atoms with Crippen molar-refractivity contribution < 1.29 is 4.79 Å². The van der Waals surface area contributed by atoms with E-state index < -0.39 is 0 Å². The molecule has 0 aliphatic carbocycles. The van der Waals surface area contributed by atoms with Crippen LogP contribution in [0.25, 0.3) is 0 Å². The zero-order valence-electron chi connectivity index (χ0n) is 14.6. The van der Waals surface area contributed by atoms with E-state index in [1.165, 1.54) is 19.3 Å². The Balaban J connectivity index is 1.93. The Hall–Kier alpha value is -1.36. The summed E-state index contributed by atoms with van der Waals surface area (Å²) in [5, 5.41) is 10.1. The first-order valence-electron chi connectivity index (χ1n) is 8.29. The van der Waals surface area contributed by atoms with Gasteiger partial charge in [0.15, 0.2) is 0 Å². The molecule has 0 unspecified atom stereocenters. The van der Waals surface area contributed by atoms with Crippen molar-refractivity contribution in [1.29, 1.82) is 0 Å². The van der Waals surface area contributed by atoms with Crippen LogP contribution < -0.4 is 5.32 Å². The van der Waals surface area contributed by atoms with Crippen LogP contribution in [0.1, 0.15) is 70.1 Å². The fourth-order valence-corrected chi connectivity index (χ4v) is 2.82. The van der Waals surface area contributed by atoms with Gasteiger partial charge in [-0.25, -0.2) is 0 Å². The van der Waals surface area contributed by atoms with E-state index in [0.29, 0.717) is 12.2 Å². The molecule has 124 valence electrons. The summed E-state index contributed by atoms with van der Waals surface area (Å²) in [6.45, 7) is 13.6. The van der Waals surface area contributed by atoms with E-state index in [2.05, 4.69) is 55.0 Å². The lowest BCUT2D eigenvalue weighted by Crippen LogP contribution is -2.53. The van der Waals surface area contributed by atoms with Gasteiger partial charge >= 0.3 is 0 Å². The van der Waals surface area contributed by atoms with Crippen molar-refractivity contribution in [2.24, 2.45) is 0 Å². The first-order valence-corrected chi connectivity index (χ1v) is 8.29. The minimum Gasteiger partial charge on any atom is -0.349 e. The number of H-pyrrole nitrogens is 1. The number of piperidine rings is 1. The summed E-state index contributed by atoms with van der Waals surface area (Å²) in [5.74, 6) is -0.100. The first-order chi connectivity index (χ1) is 10.2. The summed E-state index contributed by atoms with van der Waals surface area (Å²) in [5.41, 5.74) is 1.41. The zero-order valence-corrected chi connectivity index (χ0v) is 14.6. The molecule has 1 fully saturated rings. The van der Waals surface area contributed by atoms with E-state index in [4.69, 9.17) is 0 Å². The van der Waals surface area contributed by atoms with Crippen LogP contribution >= 0.6 is 0 Å². The van der Waals surface area contributed by atoms with Gasteiger partial charge in [-0.3, -0.25) is 14.8 Å². The molecule has 5 nitrogen and oxygen atoms in total. The molecule has 22 heavy (non-hydrogen) atoms. The molecule has 0 spiro atoms. The predicted molar refractivity (Wildman–Crippen MR) is 89.1 cm³/mol. The molecule has 1 aliphatic heterocycles. The second-order valence-electron chi connectivity index (χ2n) is 7.96. The maximum Gasteiger partial charge on any atom is 0.271 e. The molecule has 1 aromatic rings. The fraction of sp³-hybridized carbons (Fsp3) is 0.765. The van der Waals surface area contributed by atoms with Crippen LogP contribution in [0.3, 0.4) is 0 Å². The monoisotopic (exact) mass is 306 g/mol. The van der Waals surface area contributed by atoms with Crippen LogP contribution in [-0.4, -0.2) is 46.2 Å². The smallest absolute Gasteiger partial charge is 0.271 e. The SMILES string of the molecule is CC(C)(C)c1cc(C(=O)NCC(C)(C)N2CCCCC2)n[nH]1. The number of aromatic amines is 1. The highest BCUT2D eigenvalue weighted by atomic mass is 16.1. The van der Waals surface area contributed by atoms with Crippen molar-refractivity contribution in [3.8, 4) is 0 Å². The van der Waals surface area contributed by atoms with Crippen LogP contribution in [0.4, 0.5) is 0 Å².